The molecule has 1 aromatic carbocycles. The number of rotatable bonds is 7. The number of allylic oxidation sites excluding steroid dienone is 2. The zero-order valence-electron chi connectivity index (χ0n) is 31.7. The lowest BCUT2D eigenvalue weighted by Gasteiger charge is -2.49. The van der Waals surface area contributed by atoms with Gasteiger partial charge in [-0.15, -0.1) is 0 Å². The third kappa shape index (κ3) is 7.69. The van der Waals surface area contributed by atoms with Gasteiger partial charge in [-0.05, 0) is 79.9 Å². The van der Waals surface area contributed by atoms with E-state index >= 15 is 0 Å². The Morgan fingerprint density at radius 3 is 2.58 bits per heavy atom. The summed E-state index contributed by atoms with van der Waals surface area (Å²) >= 11 is 0. The zero-order valence-corrected chi connectivity index (χ0v) is 31.7. The molecule has 4 aliphatic heterocycles. The molecule has 10 nitrogen and oxygen atoms in total. The molecule has 1 spiro atoms. The van der Waals surface area contributed by atoms with E-state index in [0.717, 1.165) is 24.0 Å². The summed E-state index contributed by atoms with van der Waals surface area (Å²) in [6.07, 6.45) is 11.8. The number of ether oxygens (including phenoxy) is 7. The van der Waals surface area contributed by atoms with Gasteiger partial charge in [0.1, 0.15) is 17.6 Å². The van der Waals surface area contributed by atoms with E-state index in [1.807, 2.05) is 30.4 Å². The highest BCUT2D eigenvalue weighted by Crippen LogP contribution is 2.46. The number of Topliss-reactive ketones (excluding diaryl/α,β-unsaturated/α-hetero) is 1. The maximum absolute atomic E-state index is 14.1. The third-order valence-corrected chi connectivity index (χ3v) is 11.7. The van der Waals surface area contributed by atoms with Crippen LogP contribution in [0.5, 0.6) is 11.5 Å². The van der Waals surface area contributed by atoms with Crippen LogP contribution in [0.2, 0.25) is 0 Å². The van der Waals surface area contributed by atoms with Crippen molar-refractivity contribution in [2.24, 2.45) is 17.8 Å². The predicted molar refractivity (Wildman–Crippen MR) is 195 cm³/mol. The lowest BCUT2D eigenvalue weighted by molar-refractivity contribution is -0.335. The SMILES string of the molecule is CC[C@H]1O[C@]2(CC[C@@H]1C)C[C@@H]1C[C@@H](C/C=C(\C)[C@H](OCCc3ccc(OC)c(OC)c3)[C@@H](C)/C=C/C=C3\CO[C@@H]4C(=O)C(C)=C[C@@H](C(=O)O1)[C@]34O)O2. The second kappa shape index (κ2) is 16.0. The third-order valence-electron chi connectivity index (χ3n) is 11.7. The monoisotopic (exact) mass is 720 g/mol. The molecule has 3 fully saturated rings. The molecule has 0 amide bonds. The fourth-order valence-corrected chi connectivity index (χ4v) is 8.64. The number of methoxy groups -OCH3 is 2. The van der Waals surface area contributed by atoms with Crippen molar-refractivity contribution in [1.29, 1.82) is 0 Å². The van der Waals surface area contributed by atoms with Gasteiger partial charge >= 0.3 is 5.97 Å². The topological polar surface area (TPSA) is 119 Å². The Balaban J connectivity index is 1.33. The number of benzene rings is 1. The molecule has 0 aromatic heterocycles. The molecule has 3 saturated heterocycles. The molecule has 6 rings (SSSR count). The van der Waals surface area contributed by atoms with Gasteiger partial charge in [0, 0.05) is 25.2 Å². The van der Waals surface area contributed by atoms with Gasteiger partial charge < -0.3 is 38.3 Å². The molecule has 0 unspecified atom stereocenters. The molecular weight excluding hydrogens is 664 g/mol. The minimum Gasteiger partial charge on any atom is -0.493 e. The molecule has 0 radical (unpaired) electrons. The van der Waals surface area contributed by atoms with Gasteiger partial charge in [-0.1, -0.05) is 57.2 Å². The average molecular weight is 721 g/mol. The van der Waals surface area contributed by atoms with Crippen LogP contribution in [0.1, 0.15) is 78.7 Å². The Labute approximate surface area is 308 Å². The molecular formula is C42H56O10. The molecule has 5 aliphatic rings. The molecule has 10 atom stereocenters. The molecule has 0 saturated carbocycles. The lowest BCUT2D eigenvalue weighted by Crippen LogP contribution is -2.57. The number of carbonyl (C=O) groups excluding carboxylic acids is 2. The average Bonchev–Trinajstić information content (AvgIpc) is 3.47. The number of hydrogen-bond acceptors (Lipinski definition) is 10. The summed E-state index contributed by atoms with van der Waals surface area (Å²) in [5.74, 6) is -1.20. The fraction of sp³-hybridized carbons (Fsp3) is 0.619. The molecule has 1 aliphatic carbocycles. The van der Waals surface area contributed by atoms with Gasteiger partial charge in [0.25, 0.3) is 0 Å². The Hall–Kier alpha value is -3.28. The molecule has 4 heterocycles. The second-order valence-electron chi connectivity index (χ2n) is 15.3. The number of aliphatic hydroxyl groups is 1. The summed E-state index contributed by atoms with van der Waals surface area (Å²) in [7, 11) is 3.25. The second-order valence-corrected chi connectivity index (χ2v) is 15.3. The minimum atomic E-state index is -1.87. The van der Waals surface area contributed by atoms with E-state index in [1.165, 1.54) is 0 Å². The normalized spacial score (nSPS) is 39.3. The van der Waals surface area contributed by atoms with Gasteiger partial charge in [0.2, 0.25) is 0 Å². The van der Waals surface area contributed by atoms with E-state index in [0.29, 0.717) is 67.3 Å². The number of hydrogen-bond donors (Lipinski definition) is 1. The Morgan fingerprint density at radius 1 is 1.04 bits per heavy atom. The maximum Gasteiger partial charge on any atom is 0.316 e. The van der Waals surface area contributed by atoms with Crippen LogP contribution < -0.4 is 9.47 Å². The first kappa shape index (κ1) is 38.4. The van der Waals surface area contributed by atoms with E-state index in [2.05, 4.69) is 33.8 Å². The van der Waals surface area contributed by atoms with E-state index in [-0.39, 0.29) is 36.6 Å². The molecule has 284 valence electrons. The summed E-state index contributed by atoms with van der Waals surface area (Å²) < 4.78 is 43.3. The smallest absolute Gasteiger partial charge is 0.316 e. The van der Waals surface area contributed by atoms with Gasteiger partial charge in [0.05, 0.1) is 45.7 Å². The van der Waals surface area contributed by atoms with Gasteiger partial charge in [-0.3, -0.25) is 9.59 Å². The van der Waals surface area contributed by atoms with E-state index < -0.39 is 35.5 Å². The Morgan fingerprint density at radius 2 is 1.83 bits per heavy atom. The number of carbonyl (C=O) groups is 2. The van der Waals surface area contributed by atoms with Crippen LogP contribution in [0.4, 0.5) is 0 Å². The molecule has 1 N–H and O–H groups in total. The van der Waals surface area contributed by atoms with Crippen molar-refractivity contribution >= 4 is 11.8 Å². The van der Waals surface area contributed by atoms with Crippen LogP contribution in [0.15, 0.2) is 65.3 Å². The Bertz CT molecular complexity index is 1610. The van der Waals surface area contributed by atoms with Gasteiger partial charge in [-0.25, -0.2) is 0 Å². The van der Waals surface area contributed by atoms with Crippen LogP contribution >= 0.6 is 0 Å². The van der Waals surface area contributed by atoms with E-state index in [1.54, 1.807) is 33.3 Å². The van der Waals surface area contributed by atoms with Crippen LogP contribution in [0.25, 0.3) is 0 Å². The van der Waals surface area contributed by atoms with E-state index in [4.69, 9.17) is 33.2 Å². The molecule has 1 aromatic rings. The highest BCUT2D eigenvalue weighted by Gasteiger charge is 2.60. The van der Waals surface area contributed by atoms with Crippen LogP contribution in [0.3, 0.4) is 0 Å². The summed E-state index contributed by atoms with van der Waals surface area (Å²) in [5, 5.41) is 12.3. The van der Waals surface area contributed by atoms with Crippen molar-refractivity contribution in [3.05, 3.63) is 70.9 Å². The largest absolute Gasteiger partial charge is 0.493 e. The van der Waals surface area contributed by atoms with Crippen molar-refractivity contribution in [3.8, 4) is 11.5 Å². The summed E-state index contributed by atoms with van der Waals surface area (Å²) in [5.41, 5.74) is 1.10. The lowest BCUT2D eigenvalue weighted by atomic mass is 9.71. The Kier molecular flexibility index (Phi) is 11.8. The zero-order chi connectivity index (χ0) is 37.2. The van der Waals surface area contributed by atoms with Crippen molar-refractivity contribution in [1.82, 2.24) is 0 Å². The van der Waals surface area contributed by atoms with Crippen LogP contribution in [0, 0.1) is 17.8 Å². The minimum absolute atomic E-state index is 0.0214. The van der Waals surface area contributed by atoms with Crippen molar-refractivity contribution in [2.45, 2.75) is 121 Å². The first-order valence-corrected chi connectivity index (χ1v) is 18.9. The number of ketones is 1. The maximum atomic E-state index is 14.1. The van der Waals surface area contributed by atoms with Crippen molar-refractivity contribution in [3.63, 3.8) is 0 Å². The standard InChI is InChI=1S/C42H56O10/c1-8-34-25(2)16-18-41(52-34)23-32-22-31(51-41)14-12-27(4)38(48-19-17-29-13-15-35(46-6)36(21-29)47-7)26(3)10-9-11-30-24-49-39-37(43)28(5)20-33(40(44)50-32)42(30,39)45/h9-13,15,20-21,25-26,31-34,38-39,45H,8,14,16-19,22-24H2,1-7H3/b10-9+,27-12+,30-11+/t25-,26-,31+,32-,33-,34+,38+,39+,41+,42+/m0/s1. The predicted octanol–water partition coefficient (Wildman–Crippen LogP) is 6.39. The highest BCUT2D eigenvalue weighted by atomic mass is 16.7. The fourth-order valence-electron chi connectivity index (χ4n) is 8.64. The molecule has 10 heteroatoms. The van der Waals surface area contributed by atoms with Crippen molar-refractivity contribution < 1.29 is 47.9 Å². The summed E-state index contributed by atoms with van der Waals surface area (Å²) in [6.45, 7) is 10.7. The van der Waals surface area contributed by atoms with Crippen LogP contribution in [-0.4, -0.2) is 86.2 Å². The highest BCUT2D eigenvalue weighted by molar-refractivity contribution is 6.03. The summed E-state index contributed by atoms with van der Waals surface area (Å²) in [6, 6.07) is 5.89. The number of esters is 1. The first-order valence-electron chi connectivity index (χ1n) is 18.9. The van der Waals surface area contributed by atoms with Crippen LogP contribution in [-0.2, 0) is 39.7 Å². The van der Waals surface area contributed by atoms with Gasteiger partial charge in [-0.2, -0.15) is 0 Å². The molecule has 52 heavy (non-hydrogen) atoms. The number of fused-ring (bicyclic) bond motifs is 2. The quantitative estimate of drug-likeness (QED) is 0.251. The van der Waals surface area contributed by atoms with Gasteiger partial charge in [0.15, 0.2) is 29.2 Å². The van der Waals surface area contributed by atoms with Crippen molar-refractivity contribution in [2.75, 3.05) is 27.4 Å². The first-order chi connectivity index (χ1) is 24.9. The molecule has 2 bridgehead atoms. The van der Waals surface area contributed by atoms with E-state index in [9.17, 15) is 14.7 Å². The summed E-state index contributed by atoms with van der Waals surface area (Å²) in [4.78, 5) is 27.4.